The molecule has 0 saturated carbocycles. The fourth-order valence-corrected chi connectivity index (χ4v) is 12.9. The number of rotatable bonds is 81. The molecule has 0 aromatic carbocycles. The van der Waals surface area contributed by atoms with E-state index < -0.39 is 91.5 Å². The van der Waals surface area contributed by atoms with Crippen LogP contribution in [0, 0.1) is 0 Å². The quantitative estimate of drug-likeness (QED) is 0.0146. The third kappa shape index (κ3) is 85.6. The Morgan fingerprint density at radius 1 is 0.261 bits per heavy atom. The van der Waals surface area contributed by atoms with Gasteiger partial charge >= 0.3 is 33.6 Å². The van der Waals surface area contributed by atoms with Gasteiger partial charge in [-0.15, -0.1) is 0 Å². The molecule has 5 atom stereocenters. The Kier molecular flexibility index (Phi) is 80.4. The van der Waals surface area contributed by atoms with E-state index in [2.05, 4.69) is 191 Å². The van der Waals surface area contributed by atoms with Crippen LogP contribution in [0.1, 0.15) is 342 Å². The first-order valence-electron chi connectivity index (χ1n) is 43.4. The Balaban J connectivity index is 4.63. The maximum atomic E-state index is 13.0. The summed E-state index contributed by atoms with van der Waals surface area (Å²) >= 11 is 0. The van der Waals surface area contributed by atoms with Gasteiger partial charge in [0.15, 0.2) is 6.10 Å². The maximum Gasteiger partial charge on any atom is 0.472 e. The summed E-state index contributed by atoms with van der Waals surface area (Å²) < 4.78 is 61.3. The van der Waals surface area contributed by atoms with Crippen LogP contribution in [0.15, 0.2) is 170 Å². The van der Waals surface area contributed by atoms with Crippen LogP contribution in [-0.2, 0) is 55.8 Å². The first-order valence-corrected chi connectivity index (χ1v) is 46.4. The van der Waals surface area contributed by atoms with Crippen molar-refractivity contribution in [2.45, 2.75) is 360 Å². The molecule has 111 heavy (non-hydrogen) atoms. The first kappa shape index (κ1) is 106. The minimum Gasteiger partial charge on any atom is -0.463 e. The van der Waals surface area contributed by atoms with Gasteiger partial charge in [0, 0.05) is 19.3 Å². The summed E-state index contributed by atoms with van der Waals surface area (Å²) in [5, 5.41) is 20.7. The topological polar surface area (TPSA) is 231 Å². The van der Waals surface area contributed by atoms with Crippen molar-refractivity contribution in [3.63, 3.8) is 0 Å². The molecule has 0 amide bonds. The number of ether oxygens (including phenoxy) is 3. The Morgan fingerprint density at radius 2 is 0.477 bits per heavy atom. The predicted octanol–water partition coefficient (Wildman–Crippen LogP) is 26.3. The van der Waals surface area contributed by atoms with Crippen molar-refractivity contribution in [2.24, 2.45) is 0 Å². The van der Waals surface area contributed by atoms with Gasteiger partial charge < -0.3 is 34.2 Å². The van der Waals surface area contributed by atoms with E-state index in [-0.39, 0.29) is 19.3 Å². The zero-order valence-electron chi connectivity index (χ0n) is 69.6. The van der Waals surface area contributed by atoms with Crippen LogP contribution in [0.3, 0.4) is 0 Å². The number of phosphoric acid groups is 2. The normalized spacial score (nSPS) is 14.7. The largest absolute Gasteiger partial charge is 0.472 e. The molecule has 0 bridgehead atoms. The fourth-order valence-electron chi connectivity index (χ4n) is 11.3. The number of carbonyl (C=O) groups is 3. The summed E-state index contributed by atoms with van der Waals surface area (Å²) in [4.78, 5) is 58.9. The van der Waals surface area contributed by atoms with E-state index in [4.69, 9.17) is 32.3 Å². The highest BCUT2D eigenvalue weighted by Gasteiger charge is 2.29. The zero-order valence-corrected chi connectivity index (χ0v) is 71.4. The molecule has 634 valence electrons. The third-order valence-electron chi connectivity index (χ3n) is 17.9. The van der Waals surface area contributed by atoms with Gasteiger partial charge in [0.25, 0.3) is 0 Å². The molecule has 0 fully saturated rings. The number of aliphatic hydroxyl groups excluding tert-OH is 2. The lowest BCUT2D eigenvalue weighted by Crippen LogP contribution is -2.30. The average molecular weight is 1590 g/mol. The Hall–Kier alpha value is -5.09. The van der Waals surface area contributed by atoms with Gasteiger partial charge in [-0.05, 0) is 161 Å². The lowest BCUT2D eigenvalue weighted by molar-refractivity contribution is -0.161. The van der Waals surface area contributed by atoms with Crippen molar-refractivity contribution in [3.05, 3.63) is 170 Å². The number of esters is 3. The van der Waals surface area contributed by atoms with Crippen molar-refractivity contribution in [1.29, 1.82) is 0 Å². The molecule has 0 rings (SSSR count). The number of phosphoric ester groups is 2. The second-order valence-corrected chi connectivity index (χ2v) is 31.5. The molecule has 0 aromatic rings. The van der Waals surface area contributed by atoms with Gasteiger partial charge in [-0.25, -0.2) is 9.13 Å². The molecule has 5 unspecified atom stereocenters. The van der Waals surface area contributed by atoms with Crippen LogP contribution in [0.5, 0.6) is 0 Å². The van der Waals surface area contributed by atoms with Crippen LogP contribution in [0.25, 0.3) is 0 Å². The second kappa shape index (κ2) is 84.3. The molecular formula is C93H156O16P2. The number of carbonyl (C=O) groups excluding carboxylic acids is 3. The van der Waals surface area contributed by atoms with Crippen molar-refractivity contribution >= 4 is 33.6 Å². The Morgan fingerprint density at radius 3 is 0.775 bits per heavy atom. The third-order valence-corrected chi connectivity index (χ3v) is 19.8. The van der Waals surface area contributed by atoms with E-state index in [1.54, 1.807) is 0 Å². The monoisotopic (exact) mass is 1590 g/mol. The number of hydrogen-bond acceptors (Lipinski definition) is 14. The molecule has 0 aliphatic rings. The summed E-state index contributed by atoms with van der Waals surface area (Å²) in [5.41, 5.74) is 0. The van der Waals surface area contributed by atoms with E-state index in [0.717, 1.165) is 148 Å². The standard InChI is InChI=1S/C93H156O16P2/c1-4-7-10-13-16-19-22-25-28-31-34-37-39-40-41-42-43-44-45-46-48-51-52-55-58-61-64-67-70-73-76-79-91(96)103-82-88(94)83-105-110(99,100)106-84-89(95)85-107-111(101,102)108-87-90(109-93(98)81-78-75-72-69-66-63-60-57-54-49-36-33-30-27-24-21-18-15-12-9-6-3)86-104-92(97)80-77-74-71-68-65-62-59-56-53-50-47-38-35-32-29-26-23-20-17-14-11-8-5-2/h9,12,16-21,25-30,34-38,40-41,49-50,53,57,60,66,69,88-90,94-95H,4-8,10-11,13-15,22-24,31-33,39,42-48,51-52,54-56,58-59,61-65,67-68,70-87H2,1-3H3,(H,99,100)(H,101,102)/b12-9-,19-16-,20-17-,21-18-,28-25-,29-26-,30-27-,37-34-,38-35-,41-40-,49-36-,53-50-,60-57-,69-66-. The van der Waals surface area contributed by atoms with Crippen LogP contribution in [0.2, 0.25) is 0 Å². The smallest absolute Gasteiger partial charge is 0.463 e. The zero-order chi connectivity index (χ0) is 80.8. The summed E-state index contributed by atoms with van der Waals surface area (Å²) in [7, 11) is -9.83. The molecule has 16 nitrogen and oxygen atoms in total. The molecule has 0 radical (unpaired) electrons. The molecule has 4 N–H and O–H groups in total. The summed E-state index contributed by atoms with van der Waals surface area (Å²) in [6.07, 6.45) is 108. The van der Waals surface area contributed by atoms with E-state index >= 15 is 0 Å². The molecule has 0 aromatic heterocycles. The van der Waals surface area contributed by atoms with E-state index in [1.807, 2.05) is 0 Å². The van der Waals surface area contributed by atoms with Gasteiger partial charge in [0.2, 0.25) is 0 Å². The fraction of sp³-hybridized carbons (Fsp3) is 0.667. The number of aliphatic hydroxyl groups is 2. The van der Waals surface area contributed by atoms with E-state index in [9.17, 15) is 43.5 Å². The Labute approximate surface area is 675 Å². The highest BCUT2D eigenvalue weighted by molar-refractivity contribution is 7.47. The van der Waals surface area contributed by atoms with Crippen LogP contribution in [0.4, 0.5) is 0 Å². The molecule has 0 saturated heterocycles. The second-order valence-electron chi connectivity index (χ2n) is 28.6. The van der Waals surface area contributed by atoms with Crippen LogP contribution in [-0.4, -0.2) is 95.9 Å². The minimum atomic E-state index is -4.96. The van der Waals surface area contributed by atoms with Crippen molar-refractivity contribution < 1.29 is 75.8 Å². The van der Waals surface area contributed by atoms with Crippen molar-refractivity contribution in [1.82, 2.24) is 0 Å². The minimum absolute atomic E-state index is 0.0411. The van der Waals surface area contributed by atoms with Gasteiger partial charge in [-0.1, -0.05) is 332 Å². The SMILES string of the molecule is CC/C=C\C/C=C\C/C=C\C/C=C\C/C=C\C/C=C\CCCCC(=O)OC(COC(=O)CCCCCCCCC/C=C\C/C=C\C/C=C\C/C=C\CCCCC)COP(=O)(O)OCC(O)COP(=O)(O)OCC(O)COC(=O)CCCCCCCCCCCCCCCCC/C=C\C/C=C\C/C=C\C/C=C\CCCCC. The van der Waals surface area contributed by atoms with E-state index in [0.29, 0.717) is 25.7 Å². The molecule has 0 aliphatic carbocycles. The molecule has 0 aliphatic heterocycles. The lowest BCUT2D eigenvalue weighted by atomic mass is 10.0. The highest BCUT2D eigenvalue weighted by atomic mass is 31.2. The predicted molar refractivity (Wildman–Crippen MR) is 463 cm³/mol. The van der Waals surface area contributed by atoms with E-state index in [1.165, 1.54) is 128 Å². The van der Waals surface area contributed by atoms with Gasteiger partial charge in [0.1, 0.15) is 25.4 Å². The lowest BCUT2D eigenvalue weighted by Gasteiger charge is -2.21. The number of allylic oxidation sites excluding steroid dienone is 28. The van der Waals surface area contributed by atoms with Crippen molar-refractivity contribution in [2.75, 3.05) is 39.6 Å². The maximum absolute atomic E-state index is 13.0. The molecule has 0 heterocycles. The summed E-state index contributed by atoms with van der Waals surface area (Å²) in [6, 6.07) is 0. The molecular weight excluding hydrogens is 1430 g/mol. The summed E-state index contributed by atoms with van der Waals surface area (Å²) in [6.45, 7) is 2.46. The Bertz CT molecular complexity index is 2700. The van der Waals surface area contributed by atoms with Crippen molar-refractivity contribution in [3.8, 4) is 0 Å². The van der Waals surface area contributed by atoms with Gasteiger partial charge in [0.05, 0.1) is 26.4 Å². The molecule has 0 spiro atoms. The number of unbranched alkanes of at least 4 members (excludes halogenated alkanes) is 30. The highest BCUT2D eigenvalue weighted by Crippen LogP contribution is 2.45. The van der Waals surface area contributed by atoms with Gasteiger partial charge in [-0.3, -0.25) is 32.5 Å². The van der Waals surface area contributed by atoms with Crippen LogP contribution < -0.4 is 0 Å². The molecule has 18 heteroatoms. The average Bonchev–Trinajstić information content (AvgIpc) is 0.898. The number of hydrogen-bond donors (Lipinski definition) is 4. The van der Waals surface area contributed by atoms with Crippen LogP contribution >= 0.6 is 15.6 Å². The van der Waals surface area contributed by atoms with Gasteiger partial charge in [-0.2, -0.15) is 0 Å². The first-order chi connectivity index (χ1) is 54.2. The summed E-state index contributed by atoms with van der Waals surface area (Å²) in [5.74, 6) is -1.64.